The van der Waals surface area contributed by atoms with Gasteiger partial charge in [-0.25, -0.2) is 4.99 Å². The molecule has 0 saturated heterocycles. The Hall–Kier alpha value is -1.61. The summed E-state index contributed by atoms with van der Waals surface area (Å²) in [6, 6.07) is 10.4. The van der Waals surface area contributed by atoms with Gasteiger partial charge in [-0.3, -0.25) is 4.68 Å². The lowest BCUT2D eigenvalue weighted by molar-refractivity contribution is 0.0268. The lowest BCUT2D eigenvalue weighted by Crippen LogP contribution is -2.45. The molecule has 1 heterocycles. The molecule has 7 heteroatoms. The standard InChI is InChI=1S/C21H33N5O.HI/c1-7-22-20(24-15-21(4,5)27-6)23-13-19-16(2)25-26(17(19)3)14-18-11-9-8-10-12-18;/h8-12H,7,13-15H2,1-6H3,(H2,22,23,24);1H. The summed E-state index contributed by atoms with van der Waals surface area (Å²) in [4.78, 5) is 4.75. The summed E-state index contributed by atoms with van der Waals surface area (Å²) in [5.41, 5.74) is 4.36. The minimum absolute atomic E-state index is 0. The zero-order chi connectivity index (χ0) is 19.9. The van der Waals surface area contributed by atoms with Gasteiger partial charge in [0.2, 0.25) is 0 Å². The van der Waals surface area contributed by atoms with Crippen LogP contribution in [0.5, 0.6) is 0 Å². The molecule has 156 valence electrons. The summed E-state index contributed by atoms with van der Waals surface area (Å²) in [5.74, 6) is 0.789. The fourth-order valence-electron chi connectivity index (χ4n) is 2.74. The lowest BCUT2D eigenvalue weighted by atomic mass is 10.1. The first-order chi connectivity index (χ1) is 12.9. The van der Waals surface area contributed by atoms with Gasteiger partial charge in [0, 0.05) is 31.5 Å². The normalized spacial score (nSPS) is 11.9. The van der Waals surface area contributed by atoms with E-state index in [-0.39, 0.29) is 29.6 Å². The van der Waals surface area contributed by atoms with E-state index >= 15 is 0 Å². The Kier molecular flexibility index (Phi) is 9.95. The molecule has 0 unspecified atom stereocenters. The quantitative estimate of drug-likeness (QED) is 0.331. The molecule has 0 aliphatic heterocycles. The molecular weight excluding hydrogens is 465 g/mol. The molecular formula is C21H34IN5O. The first-order valence-corrected chi connectivity index (χ1v) is 9.50. The summed E-state index contributed by atoms with van der Waals surface area (Å²) in [7, 11) is 1.72. The maximum absolute atomic E-state index is 5.47. The number of aryl methyl sites for hydroxylation is 1. The van der Waals surface area contributed by atoms with E-state index < -0.39 is 0 Å². The van der Waals surface area contributed by atoms with Gasteiger partial charge in [0.15, 0.2) is 5.96 Å². The number of rotatable bonds is 8. The van der Waals surface area contributed by atoms with Crippen molar-refractivity contribution in [2.75, 3.05) is 20.2 Å². The number of hydrogen-bond donors (Lipinski definition) is 2. The van der Waals surface area contributed by atoms with Gasteiger partial charge in [-0.2, -0.15) is 5.10 Å². The Labute approximate surface area is 186 Å². The highest BCUT2D eigenvalue weighted by Gasteiger charge is 2.17. The van der Waals surface area contributed by atoms with Crippen LogP contribution in [0.4, 0.5) is 0 Å². The van der Waals surface area contributed by atoms with E-state index in [2.05, 4.69) is 53.4 Å². The van der Waals surface area contributed by atoms with E-state index in [1.807, 2.05) is 26.8 Å². The first kappa shape index (κ1) is 24.4. The third-order valence-corrected chi connectivity index (χ3v) is 4.68. The van der Waals surface area contributed by atoms with Crippen molar-refractivity contribution in [2.45, 2.75) is 53.3 Å². The fourth-order valence-corrected chi connectivity index (χ4v) is 2.74. The van der Waals surface area contributed by atoms with E-state index in [0.29, 0.717) is 13.1 Å². The maximum atomic E-state index is 5.47. The number of nitrogens with zero attached hydrogens (tertiary/aromatic N) is 3. The largest absolute Gasteiger partial charge is 0.377 e. The lowest BCUT2D eigenvalue weighted by Gasteiger charge is -2.24. The molecule has 0 atom stereocenters. The van der Waals surface area contributed by atoms with Crippen molar-refractivity contribution in [1.82, 2.24) is 20.4 Å². The van der Waals surface area contributed by atoms with E-state index in [0.717, 1.165) is 30.4 Å². The van der Waals surface area contributed by atoms with Crippen LogP contribution >= 0.6 is 24.0 Å². The smallest absolute Gasteiger partial charge is 0.191 e. The van der Waals surface area contributed by atoms with Gasteiger partial charge in [-0.1, -0.05) is 30.3 Å². The molecule has 2 rings (SSSR count). The van der Waals surface area contributed by atoms with Gasteiger partial charge < -0.3 is 15.4 Å². The van der Waals surface area contributed by atoms with Gasteiger partial charge >= 0.3 is 0 Å². The van der Waals surface area contributed by atoms with Gasteiger partial charge in [0.05, 0.1) is 24.4 Å². The van der Waals surface area contributed by atoms with Crippen molar-refractivity contribution in [3.8, 4) is 0 Å². The Balaban J connectivity index is 0.00000392. The predicted octanol–water partition coefficient (Wildman–Crippen LogP) is 3.65. The molecule has 0 fully saturated rings. The maximum Gasteiger partial charge on any atom is 0.191 e. The van der Waals surface area contributed by atoms with Crippen LogP contribution in [0, 0.1) is 13.8 Å². The number of hydrogen-bond acceptors (Lipinski definition) is 3. The molecule has 0 spiro atoms. The Bertz CT molecular complexity index is 756. The van der Waals surface area contributed by atoms with Crippen LogP contribution in [-0.4, -0.2) is 41.5 Å². The first-order valence-electron chi connectivity index (χ1n) is 9.50. The van der Waals surface area contributed by atoms with Gasteiger partial charge in [0.25, 0.3) is 0 Å². The molecule has 0 aliphatic rings. The minimum atomic E-state index is -0.247. The van der Waals surface area contributed by atoms with Gasteiger partial charge in [-0.15, -0.1) is 24.0 Å². The highest BCUT2D eigenvalue weighted by Crippen LogP contribution is 2.16. The molecule has 28 heavy (non-hydrogen) atoms. The van der Waals surface area contributed by atoms with E-state index in [1.54, 1.807) is 7.11 Å². The summed E-state index contributed by atoms with van der Waals surface area (Å²) in [5, 5.41) is 11.4. The highest BCUT2D eigenvalue weighted by molar-refractivity contribution is 14.0. The molecule has 0 amide bonds. The van der Waals surface area contributed by atoms with Gasteiger partial charge in [-0.05, 0) is 40.2 Å². The number of guanidine groups is 1. The van der Waals surface area contributed by atoms with Crippen LogP contribution in [0.1, 0.15) is 43.3 Å². The second kappa shape index (κ2) is 11.4. The van der Waals surface area contributed by atoms with Crippen molar-refractivity contribution in [1.29, 1.82) is 0 Å². The molecule has 0 saturated carbocycles. The third-order valence-electron chi connectivity index (χ3n) is 4.68. The van der Waals surface area contributed by atoms with Crippen molar-refractivity contribution < 1.29 is 4.74 Å². The van der Waals surface area contributed by atoms with Crippen LogP contribution < -0.4 is 10.6 Å². The summed E-state index contributed by atoms with van der Waals surface area (Å²) in [6.45, 7) is 13.2. The SMILES string of the molecule is CCNC(=NCc1c(C)nn(Cc2ccccc2)c1C)NCC(C)(C)OC.I. The third kappa shape index (κ3) is 7.09. The monoisotopic (exact) mass is 499 g/mol. The summed E-state index contributed by atoms with van der Waals surface area (Å²) in [6.07, 6.45) is 0. The highest BCUT2D eigenvalue weighted by atomic mass is 127. The fraction of sp³-hybridized carbons (Fsp3) is 0.524. The molecule has 0 aliphatic carbocycles. The van der Waals surface area contributed by atoms with Gasteiger partial charge in [0.1, 0.15) is 0 Å². The van der Waals surface area contributed by atoms with Crippen molar-refractivity contribution in [3.05, 3.63) is 52.8 Å². The molecule has 6 nitrogen and oxygen atoms in total. The van der Waals surface area contributed by atoms with Crippen LogP contribution in [-0.2, 0) is 17.8 Å². The Morgan fingerprint density at radius 1 is 1.18 bits per heavy atom. The molecule has 2 aromatic rings. The number of benzene rings is 1. The molecule has 0 radical (unpaired) electrons. The number of aromatic nitrogens is 2. The molecule has 0 bridgehead atoms. The van der Waals surface area contributed by atoms with Crippen LogP contribution in [0.15, 0.2) is 35.3 Å². The van der Waals surface area contributed by atoms with Crippen molar-refractivity contribution >= 4 is 29.9 Å². The second-order valence-electron chi connectivity index (χ2n) is 7.31. The zero-order valence-electron chi connectivity index (χ0n) is 17.9. The van der Waals surface area contributed by atoms with Crippen molar-refractivity contribution in [3.63, 3.8) is 0 Å². The average molecular weight is 499 g/mol. The Morgan fingerprint density at radius 2 is 1.86 bits per heavy atom. The average Bonchev–Trinajstić information content (AvgIpc) is 2.91. The second-order valence-corrected chi connectivity index (χ2v) is 7.31. The Morgan fingerprint density at radius 3 is 2.46 bits per heavy atom. The number of methoxy groups -OCH3 is 1. The number of aliphatic imine (C=N–C) groups is 1. The van der Waals surface area contributed by atoms with E-state index in [4.69, 9.17) is 14.8 Å². The number of ether oxygens (including phenoxy) is 1. The molecule has 1 aromatic carbocycles. The predicted molar refractivity (Wildman–Crippen MR) is 127 cm³/mol. The topological polar surface area (TPSA) is 63.5 Å². The molecule has 1 aromatic heterocycles. The summed E-state index contributed by atoms with van der Waals surface area (Å²) >= 11 is 0. The summed E-state index contributed by atoms with van der Waals surface area (Å²) < 4.78 is 7.53. The minimum Gasteiger partial charge on any atom is -0.377 e. The van der Waals surface area contributed by atoms with Crippen LogP contribution in [0.2, 0.25) is 0 Å². The molecule has 2 N–H and O–H groups in total. The van der Waals surface area contributed by atoms with Crippen LogP contribution in [0.25, 0.3) is 0 Å². The zero-order valence-corrected chi connectivity index (χ0v) is 20.2. The van der Waals surface area contributed by atoms with Crippen LogP contribution in [0.3, 0.4) is 0 Å². The van der Waals surface area contributed by atoms with Crippen molar-refractivity contribution in [2.24, 2.45) is 4.99 Å². The van der Waals surface area contributed by atoms with E-state index in [9.17, 15) is 0 Å². The number of halogens is 1. The van der Waals surface area contributed by atoms with E-state index in [1.165, 1.54) is 11.1 Å². The number of nitrogens with one attached hydrogen (secondary N) is 2.